The van der Waals surface area contributed by atoms with Crippen LogP contribution in [0.15, 0.2) is 43.0 Å². The molecule has 1 heterocycles. The Morgan fingerprint density at radius 1 is 1.09 bits per heavy atom. The number of carbonyl (C=O) groups excluding carboxylic acids is 5. The molecule has 13 heteroatoms. The number of nitrogens with one attached hydrogen (secondary N) is 2. The highest BCUT2D eigenvalue weighted by molar-refractivity contribution is 6.39. The molecule has 1 fully saturated rings. The number of para-hydroxylation sites is 1. The third-order valence-electron chi connectivity index (χ3n) is 7.67. The number of Topliss-reactive ketones (excluding diaryl/α,β-unsaturated/α-hetero) is 1. The van der Waals surface area contributed by atoms with Crippen LogP contribution in [0.5, 0.6) is 5.75 Å². The number of carbonyl (C=O) groups is 5. The molecule has 0 radical (unpaired) electrons. The molecule has 3 rings (SSSR count). The summed E-state index contributed by atoms with van der Waals surface area (Å²) < 4.78 is 52.1. The van der Waals surface area contributed by atoms with Gasteiger partial charge in [-0.25, -0.2) is 8.78 Å². The minimum atomic E-state index is -1.52. The van der Waals surface area contributed by atoms with Crippen molar-refractivity contribution in [1.82, 2.24) is 10.2 Å². The molecule has 1 aliphatic heterocycles. The molecule has 0 bridgehead atoms. The second kappa shape index (κ2) is 16.2. The monoisotopic (exact) mass is 659 g/mol. The standard InChI is InChI=1S/C34H40F3N3O7/c1-6-15-46-28(42)17-26(27(41)19-47-30-20(2)23(35)16-24(36)29(30)37)39-31(43)21-11-9-10-14-40(18-21)33(45)32(44)38-25-13-8-7-12-22(25)34(3,4)5/h6-8,12-13,16,21,26H,1,9-11,14-15,17-19H2,2-5H3,(H,38,44)(H,39,43)/t21-,26-/m0/s1. The first-order valence-corrected chi connectivity index (χ1v) is 15.2. The van der Waals surface area contributed by atoms with Crippen molar-refractivity contribution < 1.29 is 46.6 Å². The van der Waals surface area contributed by atoms with Gasteiger partial charge in [-0.05, 0) is 36.8 Å². The SMILES string of the molecule is C=CCOC(=O)C[C@H](NC(=O)[C@H]1CCCCN(C(=O)C(=O)Nc2ccccc2C(C)(C)C)C1)C(=O)COc1c(C)c(F)cc(F)c1F. The summed E-state index contributed by atoms with van der Waals surface area (Å²) in [6.07, 6.45) is 2.03. The minimum absolute atomic E-state index is 0.135. The van der Waals surface area contributed by atoms with E-state index in [2.05, 4.69) is 17.2 Å². The maximum atomic E-state index is 14.3. The highest BCUT2D eigenvalue weighted by Gasteiger charge is 2.34. The number of rotatable bonds is 11. The van der Waals surface area contributed by atoms with Crippen LogP contribution in [0, 0.1) is 30.3 Å². The Balaban J connectivity index is 1.74. The molecule has 2 N–H and O–H groups in total. The molecule has 2 atom stereocenters. The fourth-order valence-electron chi connectivity index (χ4n) is 5.10. The topological polar surface area (TPSA) is 131 Å². The van der Waals surface area contributed by atoms with Gasteiger partial charge in [-0.1, -0.05) is 58.0 Å². The molecule has 2 aromatic carbocycles. The smallest absolute Gasteiger partial charge is 0.313 e. The molecule has 0 unspecified atom stereocenters. The predicted octanol–water partition coefficient (Wildman–Crippen LogP) is 4.53. The van der Waals surface area contributed by atoms with Gasteiger partial charge in [-0.2, -0.15) is 4.39 Å². The number of benzene rings is 2. The second-order valence-corrected chi connectivity index (χ2v) is 12.3. The van der Waals surface area contributed by atoms with Gasteiger partial charge in [0.05, 0.1) is 12.3 Å². The van der Waals surface area contributed by atoms with Crippen LogP contribution in [0.2, 0.25) is 0 Å². The molecule has 2 aromatic rings. The quantitative estimate of drug-likeness (QED) is 0.157. The normalized spacial score (nSPS) is 15.6. The van der Waals surface area contributed by atoms with Crippen LogP contribution in [0.3, 0.4) is 0 Å². The van der Waals surface area contributed by atoms with E-state index in [4.69, 9.17) is 9.47 Å². The lowest BCUT2D eigenvalue weighted by atomic mass is 9.86. The van der Waals surface area contributed by atoms with E-state index < -0.39 is 77.7 Å². The molecule has 47 heavy (non-hydrogen) atoms. The summed E-state index contributed by atoms with van der Waals surface area (Å²) in [5, 5.41) is 5.17. The average molecular weight is 660 g/mol. The van der Waals surface area contributed by atoms with Crippen molar-refractivity contribution in [3.63, 3.8) is 0 Å². The summed E-state index contributed by atoms with van der Waals surface area (Å²) >= 11 is 0. The van der Waals surface area contributed by atoms with Gasteiger partial charge in [0.2, 0.25) is 11.7 Å². The maximum absolute atomic E-state index is 14.3. The first-order valence-electron chi connectivity index (χ1n) is 15.2. The number of anilines is 1. The summed E-state index contributed by atoms with van der Waals surface area (Å²) in [6, 6.07) is 5.95. The van der Waals surface area contributed by atoms with Crippen LogP contribution in [-0.4, -0.2) is 66.7 Å². The number of ketones is 1. The highest BCUT2D eigenvalue weighted by Crippen LogP contribution is 2.30. The molecular formula is C34H40F3N3O7. The van der Waals surface area contributed by atoms with Gasteiger partial charge in [0, 0.05) is 30.4 Å². The average Bonchev–Trinajstić information content (AvgIpc) is 3.28. The van der Waals surface area contributed by atoms with Gasteiger partial charge in [0.15, 0.2) is 17.3 Å². The molecule has 254 valence electrons. The number of ether oxygens (including phenoxy) is 2. The largest absolute Gasteiger partial charge is 0.482 e. The van der Waals surface area contributed by atoms with Gasteiger partial charge in [-0.15, -0.1) is 0 Å². The zero-order valence-corrected chi connectivity index (χ0v) is 26.9. The summed E-state index contributed by atoms with van der Waals surface area (Å²) in [4.78, 5) is 66.5. The van der Waals surface area contributed by atoms with Crippen molar-refractivity contribution in [3.8, 4) is 5.75 Å². The van der Waals surface area contributed by atoms with Gasteiger partial charge >= 0.3 is 17.8 Å². The first kappa shape index (κ1) is 36.8. The first-order chi connectivity index (χ1) is 22.1. The Morgan fingerprint density at radius 2 is 1.79 bits per heavy atom. The van der Waals surface area contributed by atoms with E-state index in [0.29, 0.717) is 31.0 Å². The van der Waals surface area contributed by atoms with Crippen LogP contribution in [0.1, 0.15) is 57.6 Å². The van der Waals surface area contributed by atoms with Gasteiger partial charge in [0.1, 0.15) is 25.1 Å². The van der Waals surface area contributed by atoms with E-state index in [1.54, 1.807) is 12.1 Å². The number of esters is 1. The lowest BCUT2D eigenvalue weighted by Crippen LogP contribution is -2.49. The lowest BCUT2D eigenvalue weighted by molar-refractivity contribution is -0.145. The Morgan fingerprint density at radius 3 is 2.47 bits per heavy atom. The molecule has 3 amide bonds. The Hall–Kier alpha value is -4.68. The minimum Gasteiger partial charge on any atom is -0.482 e. The Labute approximate surface area is 271 Å². The maximum Gasteiger partial charge on any atom is 0.313 e. The summed E-state index contributed by atoms with van der Waals surface area (Å²) in [6.45, 7) is 9.47. The summed E-state index contributed by atoms with van der Waals surface area (Å²) in [7, 11) is 0. The van der Waals surface area contributed by atoms with Crippen LogP contribution < -0.4 is 15.4 Å². The Bertz CT molecular complexity index is 1500. The molecule has 0 saturated carbocycles. The molecule has 0 spiro atoms. The van der Waals surface area contributed by atoms with E-state index in [-0.39, 0.29) is 30.7 Å². The van der Waals surface area contributed by atoms with Gasteiger partial charge in [-0.3, -0.25) is 24.0 Å². The van der Waals surface area contributed by atoms with Crippen molar-refractivity contribution in [3.05, 3.63) is 71.6 Å². The van der Waals surface area contributed by atoms with E-state index in [1.807, 2.05) is 32.9 Å². The number of halogens is 3. The number of amides is 3. The molecule has 0 aromatic heterocycles. The number of hydrogen-bond acceptors (Lipinski definition) is 7. The van der Waals surface area contributed by atoms with E-state index >= 15 is 0 Å². The van der Waals surface area contributed by atoms with Crippen LogP contribution in [0.4, 0.5) is 18.9 Å². The van der Waals surface area contributed by atoms with Crippen molar-refractivity contribution in [1.29, 1.82) is 0 Å². The summed E-state index contributed by atoms with van der Waals surface area (Å²) in [5.41, 5.74) is 0.638. The molecule has 1 saturated heterocycles. The van der Waals surface area contributed by atoms with Crippen molar-refractivity contribution >= 4 is 35.2 Å². The fourth-order valence-corrected chi connectivity index (χ4v) is 5.10. The number of nitrogens with zero attached hydrogens (tertiary/aromatic N) is 1. The van der Waals surface area contributed by atoms with Gasteiger partial charge < -0.3 is 25.0 Å². The Kier molecular flexibility index (Phi) is 12.7. The lowest BCUT2D eigenvalue weighted by Gasteiger charge is -2.26. The zero-order valence-electron chi connectivity index (χ0n) is 26.9. The predicted molar refractivity (Wildman–Crippen MR) is 167 cm³/mol. The fraction of sp³-hybridized carbons (Fsp3) is 0.441. The van der Waals surface area contributed by atoms with Crippen molar-refractivity contribution in [2.45, 2.75) is 64.8 Å². The summed E-state index contributed by atoms with van der Waals surface area (Å²) in [5.74, 6) is -9.95. The second-order valence-electron chi connectivity index (χ2n) is 12.3. The molecular weight excluding hydrogens is 619 g/mol. The van der Waals surface area contributed by atoms with E-state index in [9.17, 15) is 37.1 Å². The van der Waals surface area contributed by atoms with Crippen LogP contribution >= 0.6 is 0 Å². The van der Waals surface area contributed by atoms with E-state index in [1.165, 1.54) is 11.0 Å². The van der Waals surface area contributed by atoms with E-state index in [0.717, 1.165) is 12.5 Å². The van der Waals surface area contributed by atoms with Crippen LogP contribution in [0.25, 0.3) is 0 Å². The van der Waals surface area contributed by atoms with Crippen LogP contribution in [-0.2, 0) is 34.1 Å². The van der Waals surface area contributed by atoms with Gasteiger partial charge in [0.25, 0.3) is 0 Å². The molecule has 1 aliphatic rings. The zero-order chi connectivity index (χ0) is 34.9. The number of likely N-dealkylation sites (tertiary alicyclic amines) is 1. The van der Waals surface area contributed by atoms with Crippen molar-refractivity contribution in [2.24, 2.45) is 5.92 Å². The molecule has 0 aliphatic carbocycles. The third kappa shape index (κ3) is 9.90. The molecule has 10 nitrogen and oxygen atoms in total. The number of hydrogen-bond donors (Lipinski definition) is 2. The third-order valence-corrected chi connectivity index (χ3v) is 7.67. The highest BCUT2D eigenvalue weighted by atomic mass is 19.2. The van der Waals surface area contributed by atoms with Crippen molar-refractivity contribution in [2.75, 3.05) is 31.6 Å².